The Morgan fingerprint density at radius 1 is 1.00 bits per heavy atom. The highest BCUT2D eigenvalue weighted by molar-refractivity contribution is 9.10. The summed E-state index contributed by atoms with van der Waals surface area (Å²) >= 11 is 3.42. The van der Waals surface area contributed by atoms with Crippen LogP contribution in [0.25, 0.3) is 0 Å². The highest BCUT2D eigenvalue weighted by Crippen LogP contribution is 2.17. The molecule has 1 aliphatic heterocycles. The van der Waals surface area contributed by atoms with Crippen molar-refractivity contribution in [3.63, 3.8) is 0 Å². The van der Waals surface area contributed by atoms with E-state index in [-0.39, 0.29) is 0 Å². The van der Waals surface area contributed by atoms with E-state index in [1.165, 1.54) is 5.56 Å². The largest absolute Gasteiger partial charge is 0.355 e. The first-order chi connectivity index (χ1) is 10.3. The second-order valence-corrected chi connectivity index (χ2v) is 6.11. The Hall–Kier alpha value is -1.46. The van der Waals surface area contributed by atoms with E-state index in [2.05, 4.69) is 66.0 Å². The van der Waals surface area contributed by atoms with Crippen LogP contribution in [0.5, 0.6) is 0 Å². The highest BCUT2D eigenvalue weighted by Gasteiger charge is 2.16. The molecule has 0 N–H and O–H groups in total. The lowest BCUT2D eigenvalue weighted by atomic mass is 10.2. The molecular weight excluding hydrogens is 328 g/mol. The van der Waals surface area contributed by atoms with E-state index in [0.29, 0.717) is 0 Å². The van der Waals surface area contributed by atoms with Gasteiger partial charge in [-0.25, -0.2) is 9.97 Å². The molecule has 21 heavy (non-hydrogen) atoms. The van der Waals surface area contributed by atoms with Crippen molar-refractivity contribution in [2.45, 2.75) is 13.0 Å². The maximum absolute atomic E-state index is 4.38. The van der Waals surface area contributed by atoms with E-state index in [1.54, 1.807) is 6.33 Å². The monoisotopic (exact) mass is 346 g/mol. The molecule has 1 aromatic heterocycles. The number of anilines is 1. The molecule has 0 unspecified atom stereocenters. The summed E-state index contributed by atoms with van der Waals surface area (Å²) in [5.41, 5.74) is 1.38. The van der Waals surface area contributed by atoms with Gasteiger partial charge < -0.3 is 4.90 Å². The normalized spacial score (nSPS) is 16.7. The van der Waals surface area contributed by atoms with Crippen molar-refractivity contribution in [1.29, 1.82) is 0 Å². The number of aromatic nitrogens is 2. The molecule has 1 saturated heterocycles. The van der Waals surface area contributed by atoms with Gasteiger partial charge in [-0.15, -0.1) is 0 Å². The minimum absolute atomic E-state index is 0.845. The van der Waals surface area contributed by atoms with E-state index >= 15 is 0 Å². The van der Waals surface area contributed by atoms with Crippen LogP contribution in [0, 0.1) is 0 Å². The lowest BCUT2D eigenvalue weighted by Gasteiger charge is -2.22. The Balaban J connectivity index is 1.62. The van der Waals surface area contributed by atoms with E-state index < -0.39 is 0 Å². The van der Waals surface area contributed by atoms with Crippen molar-refractivity contribution in [3.05, 3.63) is 52.9 Å². The van der Waals surface area contributed by atoms with Gasteiger partial charge in [0.1, 0.15) is 16.7 Å². The molecule has 5 heteroatoms. The molecule has 0 amide bonds. The fraction of sp³-hybridized carbons (Fsp3) is 0.375. The standard InChI is InChI=1S/C16H19BrN4/c17-15-11-16(19-13-18-15)21-8-4-7-20(9-10-21)12-14-5-2-1-3-6-14/h1-3,5-6,11,13H,4,7-10,12H2. The van der Waals surface area contributed by atoms with E-state index in [0.717, 1.165) is 49.6 Å². The van der Waals surface area contributed by atoms with Gasteiger partial charge in [-0.1, -0.05) is 30.3 Å². The minimum Gasteiger partial charge on any atom is -0.355 e. The van der Waals surface area contributed by atoms with Crippen LogP contribution in [0.3, 0.4) is 0 Å². The number of rotatable bonds is 3. The SMILES string of the molecule is Brc1cc(N2CCCN(Cc3ccccc3)CC2)ncn1. The fourth-order valence-corrected chi connectivity index (χ4v) is 2.99. The smallest absolute Gasteiger partial charge is 0.133 e. The molecule has 110 valence electrons. The van der Waals surface area contributed by atoms with Gasteiger partial charge in [0.25, 0.3) is 0 Å². The summed E-state index contributed by atoms with van der Waals surface area (Å²) in [6.07, 6.45) is 2.78. The van der Waals surface area contributed by atoms with Gasteiger partial charge in [-0.05, 0) is 27.9 Å². The van der Waals surface area contributed by atoms with Gasteiger partial charge >= 0.3 is 0 Å². The van der Waals surface area contributed by atoms with Gasteiger partial charge in [0.2, 0.25) is 0 Å². The van der Waals surface area contributed by atoms with Crippen molar-refractivity contribution >= 4 is 21.7 Å². The summed E-state index contributed by atoms with van der Waals surface area (Å²) in [5.74, 6) is 1.01. The number of benzene rings is 1. The number of halogens is 1. The molecule has 3 rings (SSSR count). The third kappa shape index (κ3) is 4.02. The van der Waals surface area contributed by atoms with Gasteiger partial charge in [0.15, 0.2) is 0 Å². The summed E-state index contributed by atoms with van der Waals surface area (Å²) in [5, 5.41) is 0. The molecule has 2 heterocycles. The summed E-state index contributed by atoms with van der Waals surface area (Å²) in [6.45, 7) is 5.29. The first-order valence-corrected chi connectivity index (χ1v) is 8.09. The predicted molar refractivity (Wildman–Crippen MR) is 88.3 cm³/mol. The Labute approximate surface area is 133 Å². The first kappa shape index (κ1) is 14.5. The summed E-state index contributed by atoms with van der Waals surface area (Å²) in [7, 11) is 0. The number of hydrogen-bond donors (Lipinski definition) is 0. The Morgan fingerprint density at radius 3 is 2.67 bits per heavy atom. The summed E-state index contributed by atoms with van der Waals surface area (Å²) in [6, 6.07) is 12.7. The second kappa shape index (κ2) is 7.00. The topological polar surface area (TPSA) is 32.3 Å². The molecule has 0 atom stereocenters. The van der Waals surface area contributed by atoms with Gasteiger partial charge in [0, 0.05) is 38.8 Å². The lowest BCUT2D eigenvalue weighted by molar-refractivity contribution is 0.285. The fourth-order valence-electron chi connectivity index (χ4n) is 2.70. The van der Waals surface area contributed by atoms with Gasteiger partial charge in [0.05, 0.1) is 0 Å². The zero-order valence-corrected chi connectivity index (χ0v) is 13.5. The van der Waals surface area contributed by atoms with Crippen LogP contribution in [0.2, 0.25) is 0 Å². The van der Waals surface area contributed by atoms with Crippen LogP contribution in [0.1, 0.15) is 12.0 Å². The Bertz CT molecular complexity index is 575. The van der Waals surface area contributed by atoms with Crippen molar-refractivity contribution in [2.75, 3.05) is 31.1 Å². The lowest BCUT2D eigenvalue weighted by Crippen LogP contribution is -2.31. The van der Waals surface area contributed by atoms with E-state index in [9.17, 15) is 0 Å². The third-order valence-electron chi connectivity index (χ3n) is 3.78. The number of nitrogens with zero attached hydrogens (tertiary/aromatic N) is 4. The van der Waals surface area contributed by atoms with Crippen LogP contribution in [-0.4, -0.2) is 41.0 Å². The van der Waals surface area contributed by atoms with Gasteiger partial charge in [-0.2, -0.15) is 0 Å². The van der Waals surface area contributed by atoms with Crippen molar-refractivity contribution < 1.29 is 0 Å². The van der Waals surface area contributed by atoms with Crippen LogP contribution < -0.4 is 4.90 Å². The molecule has 0 spiro atoms. The maximum atomic E-state index is 4.38. The molecule has 2 aromatic rings. The first-order valence-electron chi connectivity index (χ1n) is 7.30. The zero-order chi connectivity index (χ0) is 14.5. The van der Waals surface area contributed by atoms with Crippen molar-refractivity contribution in [1.82, 2.24) is 14.9 Å². The van der Waals surface area contributed by atoms with E-state index in [1.807, 2.05) is 6.07 Å². The average molecular weight is 347 g/mol. The molecule has 0 radical (unpaired) electrons. The Morgan fingerprint density at radius 2 is 1.86 bits per heavy atom. The van der Waals surface area contributed by atoms with Gasteiger partial charge in [-0.3, -0.25) is 4.90 Å². The molecular formula is C16H19BrN4. The predicted octanol–water partition coefficient (Wildman–Crippen LogP) is 2.95. The van der Waals surface area contributed by atoms with Crippen LogP contribution >= 0.6 is 15.9 Å². The van der Waals surface area contributed by atoms with Crippen molar-refractivity contribution in [3.8, 4) is 0 Å². The quantitative estimate of drug-likeness (QED) is 0.800. The molecule has 0 aliphatic carbocycles. The molecule has 1 aromatic carbocycles. The van der Waals surface area contributed by atoms with Crippen LogP contribution in [0.4, 0.5) is 5.82 Å². The molecule has 0 bridgehead atoms. The molecule has 0 saturated carbocycles. The molecule has 4 nitrogen and oxygen atoms in total. The highest BCUT2D eigenvalue weighted by atomic mass is 79.9. The summed E-state index contributed by atoms with van der Waals surface area (Å²) < 4.78 is 0.845. The molecule has 1 aliphatic rings. The second-order valence-electron chi connectivity index (χ2n) is 5.30. The third-order valence-corrected chi connectivity index (χ3v) is 4.21. The van der Waals surface area contributed by atoms with E-state index in [4.69, 9.17) is 0 Å². The summed E-state index contributed by atoms with van der Waals surface area (Å²) in [4.78, 5) is 13.3. The number of hydrogen-bond acceptors (Lipinski definition) is 4. The van der Waals surface area contributed by atoms with Crippen LogP contribution in [0.15, 0.2) is 47.3 Å². The Kier molecular flexibility index (Phi) is 4.83. The van der Waals surface area contributed by atoms with Crippen molar-refractivity contribution in [2.24, 2.45) is 0 Å². The maximum Gasteiger partial charge on any atom is 0.133 e. The minimum atomic E-state index is 0.845. The zero-order valence-electron chi connectivity index (χ0n) is 12.0. The average Bonchev–Trinajstić information content (AvgIpc) is 2.74. The van der Waals surface area contributed by atoms with Crippen LogP contribution in [-0.2, 0) is 6.54 Å². The molecule has 1 fully saturated rings.